The Bertz CT molecular complexity index is 583. The molecule has 5 heteroatoms. The van der Waals surface area contributed by atoms with Crippen LogP contribution in [0.25, 0.3) is 0 Å². The van der Waals surface area contributed by atoms with Crippen LogP contribution in [0.2, 0.25) is 0 Å². The molecule has 0 saturated carbocycles. The van der Waals surface area contributed by atoms with Crippen molar-refractivity contribution in [2.45, 2.75) is 31.8 Å². The van der Waals surface area contributed by atoms with Crippen molar-refractivity contribution in [3.05, 3.63) is 45.8 Å². The largest absolute Gasteiger partial charge is 0.475 e. The van der Waals surface area contributed by atoms with Crippen LogP contribution in [0.1, 0.15) is 34.9 Å². The lowest BCUT2D eigenvalue weighted by molar-refractivity contribution is 0.143. The molecule has 118 valence electrons. The van der Waals surface area contributed by atoms with E-state index in [1.165, 1.54) is 30.4 Å². The zero-order chi connectivity index (χ0) is 15.2. The zero-order valence-corrected chi connectivity index (χ0v) is 13.7. The minimum atomic E-state index is 0.479. The molecule has 2 aromatic heterocycles. The molecule has 0 aliphatic heterocycles. The summed E-state index contributed by atoms with van der Waals surface area (Å²) in [5.41, 5.74) is 2.67. The van der Waals surface area contributed by atoms with Crippen molar-refractivity contribution < 1.29 is 9.47 Å². The number of aromatic nitrogens is 1. The van der Waals surface area contributed by atoms with E-state index in [4.69, 9.17) is 9.47 Å². The summed E-state index contributed by atoms with van der Waals surface area (Å²) in [7, 11) is 1.66. The third-order valence-corrected chi connectivity index (χ3v) is 4.94. The van der Waals surface area contributed by atoms with Gasteiger partial charge in [0.2, 0.25) is 5.88 Å². The molecular formula is C17H22N2O2S. The maximum absolute atomic E-state index is 5.48. The second-order valence-electron chi connectivity index (χ2n) is 5.47. The Morgan fingerprint density at radius 1 is 1.32 bits per heavy atom. The Balaban J connectivity index is 1.52. The second kappa shape index (κ2) is 7.72. The lowest BCUT2D eigenvalue weighted by Gasteiger charge is -2.23. The van der Waals surface area contributed by atoms with Gasteiger partial charge in [0.25, 0.3) is 0 Å². The summed E-state index contributed by atoms with van der Waals surface area (Å²) >= 11 is 1.88. The predicted octanol–water partition coefficient (Wildman–Crippen LogP) is 3.34. The molecule has 2 aromatic rings. The Labute approximate surface area is 135 Å². The Morgan fingerprint density at radius 3 is 3.09 bits per heavy atom. The van der Waals surface area contributed by atoms with E-state index < -0.39 is 0 Å². The quantitative estimate of drug-likeness (QED) is 0.795. The molecule has 2 heterocycles. The van der Waals surface area contributed by atoms with Crippen molar-refractivity contribution in [2.75, 3.05) is 20.3 Å². The summed E-state index contributed by atoms with van der Waals surface area (Å²) < 4.78 is 10.4. The van der Waals surface area contributed by atoms with E-state index in [0.29, 0.717) is 25.1 Å². The molecule has 0 saturated heterocycles. The third kappa shape index (κ3) is 3.85. The number of ether oxygens (including phenoxy) is 2. The van der Waals surface area contributed by atoms with Gasteiger partial charge in [-0.15, -0.1) is 11.3 Å². The second-order valence-corrected chi connectivity index (χ2v) is 6.47. The minimum Gasteiger partial charge on any atom is -0.475 e. The molecule has 1 aliphatic carbocycles. The van der Waals surface area contributed by atoms with Crippen LogP contribution >= 0.6 is 11.3 Å². The molecule has 1 N–H and O–H groups in total. The first kappa shape index (κ1) is 15.5. The Morgan fingerprint density at radius 2 is 2.27 bits per heavy atom. The summed E-state index contributed by atoms with van der Waals surface area (Å²) in [5, 5.41) is 5.86. The number of pyridine rings is 1. The molecule has 1 atom stereocenters. The van der Waals surface area contributed by atoms with Gasteiger partial charge in [-0.2, -0.15) is 0 Å². The van der Waals surface area contributed by atoms with E-state index in [2.05, 4.69) is 27.8 Å². The van der Waals surface area contributed by atoms with Crippen molar-refractivity contribution in [1.29, 1.82) is 0 Å². The lowest BCUT2D eigenvalue weighted by Crippen LogP contribution is -2.23. The molecule has 0 amide bonds. The van der Waals surface area contributed by atoms with E-state index in [1.54, 1.807) is 12.0 Å². The molecule has 0 unspecified atom stereocenters. The van der Waals surface area contributed by atoms with Crippen molar-refractivity contribution in [3.8, 4) is 5.88 Å². The fourth-order valence-electron chi connectivity index (χ4n) is 2.77. The highest BCUT2D eigenvalue weighted by Crippen LogP contribution is 2.33. The van der Waals surface area contributed by atoms with Gasteiger partial charge in [-0.3, -0.25) is 0 Å². The number of aryl methyl sites for hydroxylation is 1. The molecule has 0 spiro atoms. The van der Waals surface area contributed by atoms with Crippen LogP contribution in [0.15, 0.2) is 29.8 Å². The zero-order valence-electron chi connectivity index (χ0n) is 12.9. The van der Waals surface area contributed by atoms with Gasteiger partial charge in [-0.1, -0.05) is 6.07 Å². The molecule has 3 rings (SSSR count). The monoisotopic (exact) mass is 318 g/mol. The van der Waals surface area contributed by atoms with Gasteiger partial charge >= 0.3 is 0 Å². The van der Waals surface area contributed by atoms with Gasteiger partial charge in [0.1, 0.15) is 6.61 Å². The number of thiophene rings is 1. The highest BCUT2D eigenvalue weighted by Gasteiger charge is 2.20. The van der Waals surface area contributed by atoms with Gasteiger partial charge in [0, 0.05) is 36.8 Å². The third-order valence-electron chi connectivity index (χ3n) is 3.94. The van der Waals surface area contributed by atoms with Crippen LogP contribution in [0, 0.1) is 0 Å². The molecule has 0 aromatic carbocycles. The molecule has 1 aliphatic rings. The van der Waals surface area contributed by atoms with Crippen LogP contribution in [-0.2, 0) is 17.7 Å². The van der Waals surface area contributed by atoms with E-state index >= 15 is 0 Å². The predicted molar refractivity (Wildman–Crippen MR) is 88.4 cm³/mol. The maximum atomic E-state index is 5.48. The molecule has 0 fully saturated rings. The van der Waals surface area contributed by atoms with Gasteiger partial charge in [-0.25, -0.2) is 4.98 Å². The number of rotatable bonds is 7. The van der Waals surface area contributed by atoms with Crippen LogP contribution in [-0.4, -0.2) is 25.3 Å². The molecule has 22 heavy (non-hydrogen) atoms. The number of nitrogens with one attached hydrogen (secondary N) is 1. The highest BCUT2D eigenvalue weighted by atomic mass is 32.1. The normalized spacial score (nSPS) is 17.2. The summed E-state index contributed by atoms with van der Waals surface area (Å²) in [4.78, 5) is 5.88. The van der Waals surface area contributed by atoms with Gasteiger partial charge in [0.05, 0.1) is 6.61 Å². The van der Waals surface area contributed by atoms with Crippen molar-refractivity contribution in [1.82, 2.24) is 10.3 Å². The number of fused-ring (bicyclic) bond motifs is 1. The van der Waals surface area contributed by atoms with Gasteiger partial charge in [0.15, 0.2) is 0 Å². The van der Waals surface area contributed by atoms with Crippen LogP contribution in [0.5, 0.6) is 5.88 Å². The molecule has 4 nitrogen and oxygen atoms in total. The average Bonchev–Trinajstić information content (AvgIpc) is 3.03. The van der Waals surface area contributed by atoms with E-state index in [9.17, 15) is 0 Å². The van der Waals surface area contributed by atoms with Gasteiger partial charge in [-0.05, 0) is 41.8 Å². The number of methoxy groups -OCH3 is 1. The first-order valence-electron chi connectivity index (χ1n) is 7.73. The first-order chi connectivity index (χ1) is 10.9. The van der Waals surface area contributed by atoms with E-state index in [1.807, 2.05) is 23.6 Å². The Kier molecular flexibility index (Phi) is 5.43. The molecule has 0 radical (unpaired) electrons. The van der Waals surface area contributed by atoms with Crippen molar-refractivity contribution in [3.63, 3.8) is 0 Å². The Hall–Kier alpha value is -1.43. The lowest BCUT2D eigenvalue weighted by atomic mass is 9.94. The van der Waals surface area contributed by atoms with Crippen molar-refractivity contribution in [2.24, 2.45) is 0 Å². The SMILES string of the molecule is COCCOc1ccc(CN[C@H]2CCCc3sccc32)cn1. The number of hydrogen-bond acceptors (Lipinski definition) is 5. The summed E-state index contributed by atoms with van der Waals surface area (Å²) in [6, 6.07) is 6.73. The summed E-state index contributed by atoms with van der Waals surface area (Å²) in [6.07, 6.45) is 5.61. The molecule has 0 bridgehead atoms. The fourth-order valence-corrected chi connectivity index (χ4v) is 3.76. The smallest absolute Gasteiger partial charge is 0.213 e. The summed E-state index contributed by atoms with van der Waals surface area (Å²) in [5.74, 6) is 0.651. The average molecular weight is 318 g/mol. The maximum Gasteiger partial charge on any atom is 0.213 e. The number of hydrogen-bond donors (Lipinski definition) is 1. The van der Waals surface area contributed by atoms with E-state index in [-0.39, 0.29) is 0 Å². The number of nitrogens with zero attached hydrogens (tertiary/aromatic N) is 1. The minimum absolute atomic E-state index is 0.479. The van der Waals surface area contributed by atoms with E-state index in [0.717, 1.165) is 6.54 Å². The first-order valence-corrected chi connectivity index (χ1v) is 8.61. The van der Waals surface area contributed by atoms with Crippen LogP contribution < -0.4 is 10.1 Å². The van der Waals surface area contributed by atoms with Crippen LogP contribution in [0.4, 0.5) is 0 Å². The summed E-state index contributed by atoms with van der Waals surface area (Å²) in [6.45, 7) is 1.95. The standard InChI is InChI=1S/C17H22N2O2S/c1-20-8-9-21-17-6-5-13(12-19-17)11-18-15-3-2-4-16-14(15)7-10-22-16/h5-7,10,12,15,18H,2-4,8-9,11H2,1H3/t15-/m0/s1. The molecular weight excluding hydrogens is 296 g/mol. The fraction of sp³-hybridized carbons (Fsp3) is 0.471. The highest BCUT2D eigenvalue weighted by molar-refractivity contribution is 7.10. The van der Waals surface area contributed by atoms with Crippen molar-refractivity contribution >= 4 is 11.3 Å². The van der Waals surface area contributed by atoms with Gasteiger partial charge < -0.3 is 14.8 Å². The topological polar surface area (TPSA) is 43.4 Å². The van der Waals surface area contributed by atoms with Crippen LogP contribution in [0.3, 0.4) is 0 Å².